The lowest BCUT2D eigenvalue weighted by Crippen LogP contribution is -2.30. The van der Waals surface area contributed by atoms with Crippen LogP contribution in [0.15, 0.2) is 67.0 Å². The maximum absolute atomic E-state index is 12.1. The fourth-order valence-corrected chi connectivity index (χ4v) is 2.52. The van der Waals surface area contributed by atoms with E-state index in [2.05, 4.69) is 21.7 Å². The van der Waals surface area contributed by atoms with E-state index in [-0.39, 0.29) is 12.6 Å². The summed E-state index contributed by atoms with van der Waals surface area (Å²) in [4.78, 5) is 12.1. The van der Waals surface area contributed by atoms with Gasteiger partial charge >= 0.3 is 6.03 Å². The lowest BCUT2D eigenvalue weighted by molar-refractivity contribution is 0.252. The molecule has 0 aliphatic heterocycles. The number of anilines is 1. The number of terminal acetylenes is 1. The van der Waals surface area contributed by atoms with E-state index in [1.165, 1.54) is 0 Å². The molecule has 0 fully saturated rings. The Bertz CT molecular complexity index is 912. The van der Waals surface area contributed by atoms with Gasteiger partial charge in [-0.15, -0.1) is 6.42 Å². The van der Waals surface area contributed by atoms with E-state index in [0.29, 0.717) is 12.2 Å². The van der Waals surface area contributed by atoms with Gasteiger partial charge in [0.15, 0.2) is 0 Å². The number of hydrogen-bond donors (Lipinski definition) is 2. The first-order chi connectivity index (χ1) is 13.2. The number of nitrogens with zero attached hydrogens (tertiary/aromatic N) is 2. The molecule has 2 N–H and O–H groups in total. The fourth-order valence-electron chi connectivity index (χ4n) is 2.52. The molecule has 0 bridgehead atoms. The first-order valence-electron chi connectivity index (χ1n) is 8.55. The van der Waals surface area contributed by atoms with Crippen LogP contribution in [0.2, 0.25) is 0 Å². The normalized spacial score (nSPS) is 10.0. The number of benzene rings is 2. The molecule has 0 saturated heterocycles. The van der Waals surface area contributed by atoms with E-state index in [4.69, 9.17) is 11.2 Å². The number of rotatable bonds is 7. The second kappa shape index (κ2) is 9.11. The van der Waals surface area contributed by atoms with E-state index >= 15 is 0 Å². The van der Waals surface area contributed by atoms with Crippen LogP contribution >= 0.6 is 0 Å². The van der Waals surface area contributed by atoms with Gasteiger partial charge in [-0.2, -0.15) is 5.10 Å². The Kier molecular flexibility index (Phi) is 6.10. The summed E-state index contributed by atoms with van der Waals surface area (Å²) in [5, 5.41) is 9.87. The van der Waals surface area contributed by atoms with Crippen LogP contribution < -0.4 is 15.4 Å². The van der Waals surface area contributed by atoms with Gasteiger partial charge in [-0.1, -0.05) is 24.1 Å². The van der Waals surface area contributed by atoms with Crippen molar-refractivity contribution in [3.63, 3.8) is 0 Å². The molecule has 6 nitrogen and oxygen atoms in total. The Balaban J connectivity index is 1.46. The molecule has 1 heterocycles. The molecule has 27 heavy (non-hydrogen) atoms. The molecule has 0 atom stereocenters. The second-order valence-electron chi connectivity index (χ2n) is 5.77. The fraction of sp³-hybridized carbons (Fsp3) is 0.143. The van der Waals surface area contributed by atoms with Crippen molar-refractivity contribution in [3.8, 4) is 23.8 Å². The third-order valence-electron chi connectivity index (χ3n) is 3.82. The standard InChI is InChI=1S/C21H20N4O2/c1-2-15-27-20-9-7-17(8-10-20)11-13-22-21(26)24-18-5-3-6-19(16-18)25-14-4-12-23-25/h1,3-10,12,14,16H,11,13,15H2,(H2,22,24,26). The van der Waals surface area contributed by atoms with Crippen LogP contribution in [0.25, 0.3) is 5.69 Å². The molecule has 136 valence electrons. The summed E-state index contributed by atoms with van der Waals surface area (Å²) in [5.41, 5.74) is 2.68. The maximum Gasteiger partial charge on any atom is 0.319 e. The zero-order chi connectivity index (χ0) is 18.9. The van der Waals surface area contributed by atoms with Gasteiger partial charge in [0, 0.05) is 24.6 Å². The number of carbonyl (C=O) groups excluding carboxylic acids is 1. The predicted octanol–water partition coefficient (Wildman–Crippen LogP) is 3.25. The van der Waals surface area contributed by atoms with Crippen LogP contribution in [0.1, 0.15) is 5.56 Å². The third kappa shape index (κ3) is 5.38. The van der Waals surface area contributed by atoms with Crippen molar-refractivity contribution in [2.75, 3.05) is 18.5 Å². The molecular formula is C21H20N4O2. The monoisotopic (exact) mass is 360 g/mol. The summed E-state index contributed by atoms with van der Waals surface area (Å²) in [5.74, 6) is 3.16. The van der Waals surface area contributed by atoms with Gasteiger partial charge in [-0.3, -0.25) is 0 Å². The predicted molar refractivity (Wildman–Crippen MR) is 105 cm³/mol. The van der Waals surface area contributed by atoms with Crippen LogP contribution in [0, 0.1) is 12.3 Å². The van der Waals surface area contributed by atoms with Gasteiger partial charge in [0.25, 0.3) is 0 Å². The molecule has 0 saturated carbocycles. The van der Waals surface area contributed by atoms with Crippen molar-refractivity contribution in [1.29, 1.82) is 0 Å². The molecule has 2 amide bonds. The summed E-state index contributed by atoms with van der Waals surface area (Å²) >= 11 is 0. The lowest BCUT2D eigenvalue weighted by Gasteiger charge is -2.09. The van der Waals surface area contributed by atoms with Crippen LogP contribution in [0.3, 0.4) is 0 Å². The summed E-state index contributed by atoms with van der Waals surface area (Å²) in [6.45, 7) is 0.776. The van der Waals surface area contributed by atoms with E-state index in [9.17, 15) is 4.79 Å². The van der Waals surface area contributed by atoms with E-state index in [1.54, 1.807) is 10.9 Å². The minimum atomic E-state index is -0.249. The van der Waals surface area contributed by atoms with Crippen LogP contribution in [-0.2, 0) is 6.42 Å². The summed E-state index contributed by atoms with van der Waals surface area (Å²) in [6, 6.07) is 16.7. The van der Waals surface area contributed by atoms with E-state index in [1.807, 2.05) is 60.8 Å². The number of carbonyl (C=O) groups is 1. The maximum atomic E-state index is 12.1. The number of amides is 2. The molecule has 6 heteroatoms. The Labute approximate surface area is 158 Å². The second-order valence-corrected chi connectivity index (χ2v) is 5.77. The highest BCUT2D eigenvalue weighted by Crippen LogP contribution is 2.14. The Morgan fingerprint density at radius 1 is 1.19 bits per heavy atom. The molecule has 3 rings (SSSR count). The Morgan fingerprint density at radius 3 is 2.78 bits per heavy atom. The third-order valence-corrected chi connectivity index (χ3v) is 3.82. The lowest BCUT2D eigenvalue weighted by atomic mass is 10.1. The molecular weight excluding hydrogens is 340 g/mol. The first-order valence-corrected chi connectivity index (χ1v) is 8.55. The average molecular weight is 360 g/mol. The zero-order valence-electron chi connectivity index (χ0n) is 14.8. The van der Waals surface area contributed by atoms with Crippen molar-refractivity contribution >= 4 is 11.7 Å². The molecule has 2 aromatic carbocycles. The highest BCUT2D eigenvalue weighted by Gasteiger charge is 2.04. The largest absolute Gasteiger partial charge is 0.481 e. The quantitative estimate of drug-likeness (QED) is 0.636. The van der Waals surface area contributed by atoms with Crippen molar-refractivity contribution in [3.05, 3.63) is 72.6 Å². The smallest absolute Gasteiger partial charge is 0.319 e. The molecule has 0 unspecified atom stereocenters. The van der Waals surface area contributed by atoms with E-state index < -0.39 is 0 Å². The minimum Gasteiger partial charge on any atom is -0.481 e. The van der Waals surface area contributed by atoms with Gasteiger partial charge in [0.1, 0.15) is 12.4 Å². The van der Waals surface area contributed by atoms with Crippen LogP contribution in [0.5, 0.6) is 5.75 Å². The number of ether oxygens (including phenoxy) is 1. The highest BCUT2D eigenvalue weighted by atomic mass is 16.5. The van der Waals surface area contributed by atoms with Crippen molar-refractivity contribution < 1.29 is 9.53 Å². The van der Waals surface area contributed by atoms with Gasteiger partial charge in [0.05, 0.1) is 5.69 Å². The molecule has 0 spiro atoms. The Hall–Kier alpha value is -3.72. The van der Waals surface area contributed by atoms with E-state index in [0.717, 1.165) is 23.4 Å². The van der Waals surface area contributed by atoms with Gasteiger partial charge < -0.3 is 15.4 Å². The topological polar surface area (TPSA) is 68.2 Å². The number of hydrogen-bond acceptors (Lipinski definition) is 3. The number of aromatic nitrogens is 2. The van der Waals surface area contributed by atoms with Gasteiger partial charge in [0.2, 0.25) is 0 Å². The van der Waals surface area contributed by atoms with Crippen LogP contribution in [0.4, 0.5) is 10.5 Å². The Morgan fingerprint density at radius 2 is 2.04 bits per heavy atom. The highest BCUT2D eigenvalue weighted by molar-refractivity contribution is 5.89. The molecule has 0 radical (unpaired) electrons. The van der Waals surface area contributed by atoms with Crippen LogP contribution in [-0.4, -0.2) is 29.0 Å². The van der Waals surface area contributed by atoms with Gasteiger partial charge in [-0.25, -0.2) is 9.48 Å². The summed E-state index contributed by atoms with van der Waals surface area (Å²) < 4.78 is 7.07. The molecule has 3 aromatic rings. The van der Waals surface area contributed by atoms with Crippen molar-refractivity contribution in [2.45, 2.75) is 6.42 Å². The number of nitrogens with one attached hydrogen (secondary N) is 2. The summed E-state index contributed by atoms with van der Waals surface area (Å²) in [6.07, 6.45) is 9.44. The molecule has 1 aromatic heterocycles. The van der Waals surface area contributed by atoms with Crippen molar-refractivity contribution in [1.82, 2.24) is 15.1 Å². The molecule has 0 aliphatic carbocycles. The molecule has 0 aliphatic rings. The average Bonchev–Trinajstić information content (AvgIpc) is 3.22. The number of urea groups is 1. The van der Waals surface area contributed by atoms with Crippen molar-refractivity contribution in [2.24, 2.45) is 0 Å². The minimum absolute atomic E-state index is 0.249. The first kappa shape index (κ1) is 18.1. The SMILES string of the molecule is C#CCOc1ccc(CCNC(=O)Nc2cccc(-n3cccn3)c2)cc1. The summed E-state index contributed by atoms with van der Waals surface area (Å²) in [7, 11) is 0. The van der Waals surface area contributed by atoms with Gasteiger partial charge in [-0.05, 0) is 48.4 Å². The zero-order valence-corrected chi connectivity index (χ0v) is 14.8.